The first-order chi connectivity index (χ1) is 11.5. The van der Waals surface area contributed by atoms with Crippen LogP contribution in [0.1, 0.15) is 25.3 Å². The summed E-state index contributed by atoms with van der Waals surface area (Å²) in [7, 11) is 1.97. The van der Waals surface area contributed by atoms with E-state index in [1.54, 1.807) is 6.08 Å². The Morgan fingerprint density at radius 2 is 1.88 bits per heavy atom. The Labute approximate surface area is 141 Å². The molecule has 3 rings (SSSR count). The van der Waals surface area contributed by atoms with Crippen LogP contribution in [0.25, 0.3) is 6.08 Å². The molecule has 2 heterocycles. The Morgan fingerprint density at radius 3 is 2.54 bits per heavy atom. The minimum atomic E-state index is -0.885. The number of fused-ring (bicyclic) bond motifs is 2. The number of benzene rings is 1. The third kappa shape index (κ3) is 3.08. The minimum absolute atomic E-state index is 0.00363. The Balaban J connectivity index is 1.74. The lowest BCUT2D eigenvalue weighted by molar-refractivity contribution is -0.169. The third-order valence-electron chi connectivity index (χ3n) is 5.45. The molecule has 1 aromatic rings. The van der Waals surface area contributed by atoms with Gasteiger partial charge in [0.1, 0.15) is 12.0 Å². The van der Waals surface area contributed by atoms with Gasteiger partial charge in [-0.15, -0.1) is 0 Å². The zero-order valence-electron chi connectivity index (χ0n) is 14.0. The van der Waals surface area contributed by atoms with E-state index < -0.39 is 24.0 Å². The molecule has 1 N–H and O–H groups in total. The number of ether oxygens (including phenoxy) is 1. The molecule has 1 unspecified atom stereocenters. The first-order valence-corrected chi connectivity index (χ1v) is 8.37. The topological polar surface area (TPSA) is 66.8 Å². The van der Waals surface area contributed by atoms with Crippen LogP contribution in [0.3, 0.4) is 0 Å². The number of nitrogens with zero attached hydrogens (tertiary/aromatic N) is 1. The van der Waals surface area contributed by atoms with E-state index in [-0.39, 0.29) is 18.0 Å². The van der Waals surface area contributed by atoms with E-state index in [4.69, 9.17) is 4.74 Å². The molecule has 0 aliphatic carbocycles. The van der Waals surface area contributed by atoms with Gasteiger partial charge in [0.15, 0.2) is 0 Å². The molecule has 5 nitrogen and oxygen atoms in total. The zero-order chi connectivity index (χ0) is 17.3. The predicted molar refractivity (Wildman–Crippen MR) is 90.2 cm³/mol. The molecule has 2 saturated heterocycles. The van der Waals surface area contributed by atoms with Crippen molar-refractivity contribution in [1.82, 2.24) is 4.90 Å². The quantitative estimate of drug-likeness (QED) is 0.679. The molecular weight excluding hydrogens is 306 g/mol. The van der Waals surface area contributed by atoms with Crippen molar-refractivity contribution >= 4 is 18.0 Å². The molecule has 0 saturated carbocycles. The Bertz CT molecular complexity index is 642. The summed E-state index contributed by atoms with van der Waals surface area (Å²) in [6, 6.07) is 9.69. The van der Waals surface area contributed by atoms with Crippen LogP contribution in [0, 0.1) is 11.8 Å². The van der Waals surface area contributed by atoms with Gasteiger partial charge in [0.25, 0.3) is 0 Å². The number of hydrogen-bond acceptors (Lipinski definition) is 4. The van der Waals surface area contributed by atoms with E-state index in [2.05, 4.69) is 4.90 Å². The normalized spacial score (nSPS) is 32.8. The molecule has 1 aromatic carbocycles. The number of piperidine rings is 1. The van der Waals surface area contributed by atoms with E-state index in [9.17, 15) is 14.7 Å². The second kappa shape index (κ2) is 6.77. The van der Waals surface area contributed by atoms with E-state index >= 15 is 0 Å². The molecule has 5 heteroatoms. The molecule has 5 atom stereocenters. The van der Waals surface area contributed by atoms with Crippen molar-refractivity contribution in [3.05, 3.63) is 42.0 Å². The van der Waals surface area contributed by atoms with Crippen LogP contribution in [0.2, 0.25) is 0 Å². The summed E-state index contributed by atoms with van der Waals surface area (Å²) < 4.78 is 5.60. The molecule has 0 spiro atoms. The first kappa shape index (κ1) is 16.7. The van der Waals surface area contributed by atoms with Crippen molar-refractivity contribution in [2.24, 2.45) is 11.8 Å². The van der Waals surface area contributed by atoms with Crippen molar-refractivity contribution in [3.63, 3.8) is 0 Å². The van der Waals surface area contributed by atoms with Gasteiger partial charge in [-0.2, -0.15) is 0 Å². The number of carboxylic acids is 1. The van der Waals surface area contributed by atoms with Crippen molar-refractivity contribution in [2.45, 2.75) is 38.0 Å². The summed E-state index contributed by atoms with van der Waals surface area (Å²) in [5, 5.41) is 9.65. The fourth-order valence-corrected chi connectivity index (χ4v) is 4.21. The largest absolute Gasteiger partial charge is 0.481 e. The van der Waals surface area contributed by atoms with Gasteiger partial charge in [-0.25, -0.2) is 4.79 Å². The summed E-state index contributed by atoms with van der Waals surface area (Å²) in [5.41, 5.74) is 0.903. The molecule has 2 aliphatic heterocycles. The molecule has 24 heavy (non-hydrogen) atoms. The Morgan fingerprint density at radius 1 is 1.21 bits per heavy atom. The van der Waals surface area contributed by atoms with Crippen molar-refractivity contribution < 1.29 is 19.4 Å². The first-order valence-electron chi connectivity index (χ1n) is 8.37. The van der Waals surface area contributed by atoms with Gasteiger partial charge in [0, 0.05) is 24.1 Å². The summed E-state index contributed by atoms with van der Waals surface area (Å²) in [6.45, 7) is 1.98. The van der Waals surface area contributed by atoms with E-state index in [1.165, 1.54) is 6.08 Å². The maximum absolute atomic E-state index is 12.2. The smallest absolute Gasteiger partial charge is 0.331 e. The minimum Gasteiger partial charge on any atom is -0.481 e. The average Bonchev–Trinajstić information content (AvgIpc) is 2.86. The highest BCUT2D eigenvalue weighted by molar-refractivity contribution is 5.87. The van der Waals surface area contributed by atoms with Crippen LogP contribution >= 0.6 is 0 Å². The highest BCUT2D eigenvalue weighted by Gasteiger charge is 2.54. The maximum Gasteiger partial charge on any atom is 0.331 e. The molecule has 0 aromatic heterocycles. The summed E-state index contributed by atoms with van der Waals surface area (Å²) in [5.74, 6) is -2.03. The number of carbonyl (C=O) groups is 2. The highest BCUT2D eigenvalue weighted by atomic mass is 16.5. The number of carbonyl (C=O) groups excluding carboxylic acids is 1. The van der Waals surface area contributed by atoms with E-state index in [0.29, 0.717) is 0 Å². The number of hydrogen-bond donors (Lipinski definition) is 1. The maximum atomic E-state index is 12.2. The summed E-state index contributed by atoms with van der Waals surface area (Å²) in [4.78, 5) is 26.1. The van der Waals surface area contributed by atoms with Crippen LogP contribution in [0.4, 0.5) is 0 Å². The predicted octanol–water partition coefficient (Wildman–Crippen LogP) is 2.42. The lowest BCUT2D eigenvalue weighted by Gasteiger charge is -2.44. The number of carboxylic acid groups (broad SMARTS) is 1. The van der Waals surface area contributed by atoms with Gasteiger partial charge < -0.3 is 9.84 Å². The molecule has 0 amide bonds. The van der Waals surface area contributed by atoms with Crippen LogP contribution < -0.4 is 0 Å². The van der Waals surface area contributed by atoms with Gasteiger partial charge in [-0.1, -0.05) is 37.3 Å². The molecule has 128 valence electrons. The molecule has 2 aliphatic rings. The van der Waals surface area contributed by atoms with E-state index in [1.807, 2.05) is 44.3 Å². The fourth-order valence-electron chi connectivity index (χ4n) is 4.21. The van der Waals surface area contributed by atoms with Crippen molar-refractivity contribution in [2.75, 3.05) is 7.05 Å². The number of rotatable bonds is 4. The standard InChI is InChI=1S/C19H23NO4/c1-12-14-9-10-15(20(14)2)17(19(22)23)18(12)24-16(21)11-8-13-6-4-3-5-7-13/h3-8,11-12,14-15,17-18H,9-10H2,1-2H3,(H,22,23)/t12?,14-,15+,17+,18-/m0/s1. The Hall–Kier alpha value is -2.14. The third-order valence-corrected chi connectivity index (χ3v) is 5.45. The van der Waals surface area contributed by atoms with Gasteiger partial charge in [0.05, 0.1) is 0 Å². The van der Waals surface area contributed by atoms with Gasteiger partial charge in [-0.05, 0) is 31.5 Å². The van der Waals surface area contributed by atoms with Crippen LogP contribution in [-0.2, 0) is 14.3 Å². The van der Waals surface area contributed by atoms with Gasteiger partial charge in [0.2, 0.25) is 0 Å². The average molecular weight is 329 g/mol. The zero-order valence-corrected chi connectivity index (χ0v) is 14.0. The SMILES string of the molecule is CC1[C@H](OC(=O)C=Cc2ccccc2)[C@H](C(=O)O)[C@H]2CC[C@@H]1N2C. The molecule has 0 radical (unpaired) electrons. The lowest BCUT2D eigenvalue weighted by Crippen LogP contribution is -2.57. The van der Waals surface area contributed by atoms with Crippen LogP contribution in [0.5, 0.6) is 0 Å². The van der Waals surface area contributed by atoms with Crippen molar-refractivity contribution in [1.29, 1.82) is 0 Å². The monoisotopic (exact) mass is 329 g/mol. The molecule has 2 fully saturated rings. The fraction of sp³-hybridized carbons (Fsp3) is 0.474. The lowest BCUT2D eigenvalue weighted by atomic mass is 9.81. The van der Waals surface area contributed by atoms with Gasteiger partial charge in [-0.3, -0.25) is 9.69 Å². The van der Waals surface area contributed by atoms with Gasteiger partial charge >= 0.3 is 11.9 Å². The second-order valence-electron chi connectivity index (χ2n) is 6.75. The van der Waals surface area contributed by atoms with Crippen LogP contribution in [-0.4, -0.2) is 47.2 Å². The summed E-state index contributed by atoms with van der Waals surface area (Å²) in [6.07, 6.45) is 4.29. The molecule has 2 bridgehead atoms. The highest BCUT2D eigenvalue weighted by Crippen LogP contribution is 2.43. The molecular formula is C19H23NO4. The Kier molecular flexibility index (Phi) is 4.71. The van der Waals surface area contributed by atoms with Crippen molar-refractivity contribution in [3.8, 4) is 0 Å². The summed E-state index contributed by atoms with van der Waals surface area (Å²) >= 11 is 0. The number of aliphatic carboxylic acids is 1. The van der Waals surface area contributed by atoms with E-state index in [0.717, 1.165) is 18.4 Å². The van der Waals surface area contributed by atoms with Crippen LogP contribution in [0.15, 0.2) is 36.4 Å². The number of esters is 1. The second-order valence-corrected chi connectivity index (χ2v) is 6.75.